The molecule has 4 N–H and O–H groups in total. The quantitative estimate of drug-likeness (QED) is 0.310. The number of hydrogen-bond donors (Lipinski definition) is 4. The number of amides is 3. The van der Waals surface area contributed by atoms with Crippen LogP contribution in [0.1, 0.15) is 69.4 Å². The van der Waals surface area contributed by atoms with Crippen LogP contribution < -0.4 is 16.0 Å². The van der Waals surface area contributed by atoms with Crippen molar-refractivity contribution in [2.45, 2.75) is 76.9 Å². The normalized spacial score (nSPS) is 17.8. The predicted molar refractivity (Wildman–Crippen MR) is 151 cm³/mol. The van der Waals surface area contributed by atoms with Gasteiger partial charge in [0, 0.05) is 11.4 Å². The fraction of sp³-hybridized carbons (Fsp3) is 0.467. The smallest absolute Gasteiger partial charge is 0.323 e. The van der Waals surface area contributed by atoms with E-state index in [1.165, 1.54) is 18.4 Å². The summed E-state index contributed by atoms with van der Waals surface area (Å²) < 4.78 is 5.73. The largest absolute Gasteiger partial charge is 0.481 e. The van der Waals surface area contributed by atoms with Crippen LogP contribution in [0.25, 0.3) is 0 Å². The van der Waals surface area contributed by atoms with E-state index in [2.05, 4.69) is 27.0 Å². The average molecular weight is 535 g/mol. The van der Waals surface area contributed by atoms with Crippen LogP contribution in [-0.2, 0) is 20.7 Å². The Labute approximate surface area is 229 Å². The molecule has 2 unspecified atom stereocenters. The Morgan fingerprint density at radius 3 is 2.44 bits per heavy atom. The summed E-state index contributed by atoms with van der Waals surface area (Å²) in [6.07, 6.45) is 4.92. The molecule has 2 aliphatic rings. The number of para-hydroxylation sites is 1. The summed E-state index contributed by atoms with van der Waals surface area (Å²) in [6.45, 7) is 4.36. The number of nitrogens with one attached hydrogen (secondary N) is 3. The number of benzene rings is 2. The van der Waals surface area contributed by atoms with Crippen molar-refractivity contribution in [3.05, 3.63) is 59.7 Å². The van der Waals surface area contributed by atoms with Crippen molar-refractivity contribution in [1.29, 1.82) is 0 Å². The van der Waals surface area contributed by atoms with Gasteiger partial charge in [0.2, 0.25) is 11.8 Å². The van der Waals surface area contributed by atoms with Gasteiger partial charge in [-0.2, -0.15) is 0 Å². The molecule has 9 nitrogen and oxygen atoms in total. The highest BCUT2D eigenvalue weighted by molar-refractivity contribution is 6.00. The van der Waals surface area contributed by atoms with Crippen LogP contribution in [0.3, 0.4) is 0 Å². The third-order valence-corrected chi connectivity index (χ3v) is 7.06. The van der Waals surface area contributed by atoms with Gasteiger partial charge in [0.15, 0.2) is 0 Å². The number of urea groups is 1. The zero-order valence-electron chi connectivity index (χ0n) is 22.6. The maximum Gasteiger partial charge on any atom is 0.323 e. The fourth-order valence-electron chi connectivity index (χ4n) is 5.25. The van der Waals surface area contributed by atoms with Gasteiger partial charge in [-0.1, -0.05) is 57.0 Å². The van der Waals surface area contributed by atoms with Gasteiger partial charge in [0.25, 0.3) is 0 Å². The fourth-order valence-corrected chi connectivity index (χ4v) is 5.25. The van der Waals surface area contributed by atoms with Crippen molar-refractivity contribution in [2.24, 2.45) is 10.9 Å². The van der Waals surface area contributed by atoms with E-state index in [1.807, 2.05) is 44.2 Å². The highest BCUT2D eigenvalue weighted by Crippen LogP contribution is 2.37. The molecule has 1 fully saturated rings. The van der Waals surface area contributed by atoms with Gasteiger partial charge in [0.1, 0.15) is 12.1 Å². The number of aliphatic imine (C=N–C) groups is 1. The molecule has 2 aromatic rings. The molecule has 0 spiro atoms. The molecule has 1 saturated carbocycles. The number of carboxylic acid groups (broad SMARTS) is 1. The summed E-state index contributed by atoms with van der Waals surface area (Å²) >= 11 is 0. The summed E-state index contributed by atoms with van der Waals surface area (Å²) in [4.78, 5) is 40.9. The number of aliphatic carboxylic acids is 1. The first-order chi connectivity index (χ1) is 18.8. The maximum absolute atomic E-state index is 12.8. The Bertz CT molecular complexity index is 1190. The van der Waals surface area contributed by atoms with Crippen molar-refractivity contribution in [1.82, 2.24) is 5.32 Å². The van der Waals surface area contributed by atoms with Gasteiger partial charge in [-0.3, -0.25) is 9.59 Å². The van der Waals surface area contributed by atoms with Crippen molar-refractivity contribution in [3.63, 3.8) is 0 Å². The molecular weight excluding hydrogens is 496 g/mol. The number of anilines is 2. The first-order valence-electron chi connectivity index (χ1n) is 13.7. The molecule has 2 aromatic carbocycles. The molecule has 208 valence electrons. The lowest BCUT2D eigenvalue weighted by Gasteiger charge is -2.21. The zero-order chi connectivity index (χ0) is 27.8. The minimum absolute atomic E-state index is 0.124. The van der Waals surface area contributed by atoms with Crippen molar-refractivity contribution < 1.29 is 24.2 Å². The van der Waals surface area contributed by atoms with E-state index < -0.39 is 18.1 Å². The Morgan fingerprint density at radius 2 is 1.74 bits per heavy atom. The van der Waals surface area contributed by atoms with Crippen LogP contribution >= 0.6 is 0 Å². The number of nitrogens with zero attached hydrogens (tertiary/aromatic N) is 1. The Kier molecular flexibility index (Phi) is 9.57. The van der Waals surface area contributed by atoms with Crippen LogP contribution in [-0.4, -0.2) is 47.6 Å². The summed E-state index contributed by atoms with van der Waals surface area (Å²) in [5.74, 6) is 0.0384. The molecular formula is C30H38N4O5. The SMILES string of the molecule is CC(C)CC(NC(=O)Cc1ccc(NC(=O)Nc2ccccc2C2CCCC2)cc1)C1=NCC(CC(=O)O)O1. The number of carbonyl (C=O) groups is 3. The number of carbonyl (C=O) groups excluding carboxylic acids is 2. The second-order valence-electron chi connectivity index (χ2n) is 10.8. The molecule has 4 rings (SSSR count). The van der Waals surface area contributed by atoms with E-state index in [9.17, 15) is 14.4 Å². The highest BCUT2D eigenvalue weighted by atomic mass is 16.5. The van der Waals surface area contributed by atoms with E-state index in [0.29, 0.717) is 23.9 Å². The molecule has 1 heterocycles. The Balaban J connectivity index is 1.29. The molecule has 0 radical (unpaired) electrons. The van der Waals surface area contributed by atoms with Gasteiger partial charge in [-0.05, 0) is 60.4 Å². The third-order valence-electron chi connectivity index (χ3n) is 7.06. The lowest BCUT2D eigenvalue weighted by molar-refractivity contribution is -0.138. The second-order valence-corrected chi connectivity index (χ2v) is 10.8. The molecule has 3 amide bonds. The number of ether oxygens (including phenoxy) is 1. The third kappa shape index (κ3) is 8.30. The zero-order valence-corrected chi connectivity index (χ0v) is 22.6. The molecule has 2 atom stereocenters. The highest BCUT2D eigenvalue weighted by Gasteiger charge is 2.29. The molecule has 1 aliphatic carbocycles. The minimum atomic E-state index is -0.940. The van der Waals surface area contributed by atoms with Crippen molar-refractivity contribution in [2.75, 3.05) is 17.2 Å². The molecule has 39 heavy (non-hydrogen) atoms. The van der Waals surface area contributed by atoms with Gasteiger partial charge < -0.3 is 25.8 Å². The first kappa shape index (κ1) is 28.1. The Hall–Kier alpha value is -3.88. The van der Waals surface area contributed by atoms with E-state index in [4.69, 9.17) is 9.84 Å². The average Bonchev–Trinajstić information content (AvgIpc) is 3.57. The van der Waals surface area contributed by atoms with Gasteiger partial charge in [0.05, 0.1) is 19.4 Å². The van der Waals surface area contributed by atoms with Crippen LogP contribution in [0.2, 0.25) is 0 Å². The van der Waals surface area contributed by atoms with Crippen molar-refractivity contribution in [3.8, 4) is 0 Å². The van der Waals surface area contributed by atoms with Gasteiger partial charge >= 0.3 is 12.0 Å². The summed E-state index contributed by atoms with van der Waals surface area (Å²) in [5, 5.41) is 17.9. The van der Waals surface area contributed by atoms with Crippen LogP contribution in [0.4, 0.5) is 16.2 Å². The number of carboxylic acids is 1. The molecule has 0 aromatic heterocycles. The van der Waals surface area contributed by atoms with Crippen LogP contribution in [0, 0.1) is 5.92 Å². The topological polar surface area (TPSA) is 129 Å². The molecule has 9 heteroatoms. The number of hydrogen-bond acceptors (Lipinski definition) is 5. The second kappa shape index (κ2) is 13.3. The first-order valence-corrected chi connectivity index (χ1v) is 13.7. The monoisotopic (exact) mass is 534 g/mol. The molecule has 0 bridgehead atoms. The van der Waals surface area contributed by atoms with Crippen LogP contribution in [0.15, 0.2) is 53.5 Å². The van der Waals surface area contributed by atoms with E-state index in [1.54, 1.807) is 12.1 Å². The standard InChI is InChI=1S/C30H38N4O5/c1-19(2)15-26(29-31-18-23(39-29)17-28(36)37)33-27(35)16-20-11-13-22(14-12-20)32-30(38)34-25-10-6-5-9-24(25)21-7-3-4-8-21/h5-6,9-14,19,21,23,26H,3-4,7-8,15-18H2,1-2H3,(H,33,35)(H,36,37)(H2,32,34,38). The lowest BCUT2D eigenvalue weighted by Crippen LogP contribution is -2.43. The van der Waals surface area contributed by atoms with E-state index in [-0.39, 0.29) is 37.2 Å². The Morgan fingerprint density at radius 1 is 1.03 bits per heavy atom. The van der Waals surface area contributed by atoms with E-state index >= 15 is 0 Å². The summed E-state index contributed by atoms with van der Waals surface area (Å²) in [6, 6.07) is 14.4. The molecule has 1 aliphatic heterocycles. The van der Waals surface area contributed by atoms with E-state index in [0.717, 1.165) is 24.1 Å². The predicted octanol–water partition coefficient (Wildman–Crippen LogP) is 5.33. The number of rotatable bonds is 11. The van der Waals surface area contributed by atoms with Gasteiger partial charge in [-0.25, -0.2) is 9.79 Å². The van der Waals surface area contributed by atoms with Crippen LogP contribution in [0.5, 0.6) is 0 Å². The summed E-state index contributed by atoms with van der Waals surface area (Å²) in [7, 11) is 0. The maximum atomic E-state index is 12.8. The lowest BCUT2D eigenvalue weighted by atomic mass is 9.96. The van der Waals surface area contributed by atoms with Crippen molar-refractivity contribution >= 4 is 35.2 Å². The summed E-state index contributed by atoms with van der Waals surface area (Å²) in [5.41, 5.74) is 3.46. The minimum Gasteiger partial charge on any atom is -0.481 e. The molecule has 0 saturated heterocycles. The van der Waals surface area contributed by atoms with Gasteiger partial charge in [-0.15, -0.1) is 0 Å².